The van der Waals surface area contributed by atoms with Gasteiger partial charge in [0.2, 0.25) is 5.76 Å². The number of carboxylic acid groups (broad SMARTS) is 1. The Morgan fingerprint density at radius 3 is 2.39 bits per heavy atom. The topological polar surface area (TPSA) is 70.7 Å². The van der Waals surface area contributed by atoms with Crippen LogP contribution in [0.4, 0.5) is 0 Å². The maximum Gasteiger partial charge on any atom is 0.371 e. The van der Waals surface area contributed by atoms with Gasteiger partial charge in [0.15, 0.2) is 0 Å². The van der Waals surface area contributed by atoms with E-state index in [2.05, 4.69) is 0 Å². The summed E-state index contributed by atoms with van der Waals surface area (Å²) in [5, 5.41) is 19.5. The van der Waals surface area contributed by atoms with E-state index in [1.807, 2.05) is 25.1 Å². The lowest BCUT2D eigenvalue weighted by Crippen LogP contribution is -2.25. The number of furan rings is 1. The zero-order valence-electron chi connectivity index (χ0n) is 9.96. The quantitative estimate of drug-likeness (QED) is 0.869. The third-order valence-electron chi connectivity index (χ3n) is 2.99. The Labute approximate surface area is 104 Å². The SMILES string of the molecule is CCC(O)(c1ccccc1)c1ccc(C(=O)O)o1. The van der Waals surface area contributed by atoms with E-state index in [-0.39, 0.29) is 11.5 Å². The predicted molar refractivity (Wildman–Crippen MR) is 65.4 cm³/mol. The Morgan fingerprint density at radius 2 is 1.89 bits per heavy atom. The molecule has 18 heavy (non-hydrogen) atoms. The summed E-state index contributed by atoms with van der Waals surface area (Å²) in [5.74, 6) is -1.07. The molecule has 2 N–H and O–H groups in total. The highest BCUT2D eigenvalue weighted by atomic mass is 16.4. The number of aliphatic hydroxyl groups is 1. The van der Waals surface area contributed by atoms with Crippen LogP contribution in [0.5, 0.6) is 0 Å². The number of rotatable bonds is 4. The highest BCUT2D eigenvalue weighted by Crippen LogP contribution is 2.33. The van der Waals surface area contributed by atoms with Gasteiger partial charge in [-0.25, -0.2) is 4.79 Å². The van der Waals surface area contributed by atoms with Crippen LogP contribution in [0, 0.1) is 0 Å². The summed E-state index contributed by atoms with van der Waals surface area (Å²) in [6, 6.07) is 11.9. The Morgan fingerprint density at radius 1 is 1.22 bits per heavy atom. The van der Waals surface area contributed by atoms with Gasteiger partial charge in [-0.1, -0.05) is 37.3 Å². The molecule has 1 aromatic carbocycles. The normalized spacial score (nSPS) is 14.1. The van der Waals surface area contributed by atoms with Crippen molar-refractivity contribution in [2.45, 2.75) is 18.9 Å². The Hall–Kier alpha value is -2.07. The van der Waals surface area contributed by atoms with Gasteiger partial charge in [0.25, 0.3) is 0 Å². The molecule has 1 aromatic heterocycles. The lowest BCUT2D eigenvalue weighted by Gasteiger charge is -2.24. The maximum absolute atomic E-state index is 10.8. The number of hydrogen-bond donors (Lipinski definition) is 2. The van der Waals surface area contributed by atoms with Gasteiger partial charge in [-0.15, -0.1) is 0 Å². The smallest absolute Gasteiger partial charge is 0.371 e. The van der Waals surface area contributed by atoms with Crippen LogP contribution < -0.4 is 0 Å². The third-order valence-corrected chi connectivity index (χ3v) is 2.99. The fourth-order valence-corrected chi connectivity index (χ4v) is 1.91. The predicted octanol–water partition coefficient (Wildman–Crippen LogP) is 2.62. The molecule has 0 aliphatic carbocycles. The Kier molecular flexibility index (Phi) is 3.21. The van der Waals surface area contributed by atoms with Crippen LogP contribution in [0.15, 0.2) is 46.9 Å². The molecule has 2 aromatic rings. The molecule has 4 heteroatoms. The first-order chi connectivity index (χ1) is 8.58. The molecule has 0 radical (unpaired) electrons. The van der Waals surface area contributed by atoms with Crippen molar-refractivity contribution in [3.8, 4) is 0 Å². The average molecular weight is 246 g/mol. The van der Waals surface area contributed by atoms with Gasteiger partial charge in [-0.2, -0.15) is 0 Å². The molecule has 0 amide bonds. The summed E-state index contributed by atoms with van der Waals surface area (Å²) in [5.41, 5.74) is -0.617. The largest absolute Gasteiger partial charge is 0.475 e. The van der Waals surface area contributed by atoms with Crippen molar-refractivity contribution in [1.82, 2.24) is 0 Å². The molecule has 4 nitrogen and oxygen atoms in total. The second-order valence-corrected chi connectivity index (χ2v) is 4.05. The molecular formula is C14H14O4. The number of aromatic carboxylic acids is 1. The molecule has 1 heterocycles. The molecule has 0 saturated heterocycles. The molecule has 0 fully saturated rings. The Bertz CT molecular complexity index is 544. The van der Waals surface area contributed by atoms with Crippen LogP contribution in [0.25, 0.3) is 0 Å². The molecule has 94 valence electrons. The number of hydrogen-bond acceptors (Lipinski definition) is 3. The van der Waals surface area contributed by atoms with Crippen molar-refractivity contribution in [1.29, 1.82) is 0 Å². The molecule has 0 aliphatic rings. The first-order valence-corrected chi connectivity index (χ1v) is 5.69. The molecule has 1 unspecified atom stereocenters. The van der Waals surface area contributed by atoms with Crippen LogP contribution in [-0.2, 0) is 5.60 Å². The summed E-state index contributed by atoms with van der Waals surface area (Å²) < 4.78 is 5.21. The van der Waals surface area contributed by atoms with Gasteiger partial charge < -0.3 is 14.6 Å². The van der Waals surface area contributed by atoms with E-state index in [0.29, 0.717) is 12.0 Å². The molecule has 2 rings (SSSR count). The average Bonchev–Trinajstić information content (AvgIpc) is 2.89. The lowest BCUT2D eigenvalue weighted by molar-refractivity contribution is 0.0475. The first kappa shape index (κ1) is 12.4. The third kappa shape index (κ3) is 2.02. The van der Waals surface area contributed by atoms with Crippen molar-refractivity contribution >= 4 is 5.97 Å². The molecule has 0 aliphatic heterocycles. The first-order valence-electron chi connectivity index (χ1n) is 5.69. The van der Waals surface area contributed by atoms with Crippen molar-refractivity contribution in [2.75, 3.05) is 0 Å². The number of carboxylic acids is 1. The fraction of sp³-hybridized carbons (Fsp3) is 0.214. The van der Waals surface area contributed by atoms with Crippen LogP contribution in [0.1, 0.15) is 35.2 Å². The molecule has 0 bridgehead atoms. The Balaban J connectivity index is 2.46. The van der Waals surface area contributed by atoms with Gasteiger partial charge in [-0.05, 0) is 24.1 Å². The van der Waals surface area contributed by atoms with E-state index in [1.54, 1.807) is 12.1 Å². The monoisotopic (exact) mass is 246 g/mol. The highest BCUT2D eigenvalue weighted by Gasteiger charge is 2.33. The number of benzene rings is 1. The van der Waals surface area contributed by atoms with Gasteiger partial charge in [-0.3, -0.25) is 0 Å². The zero-order chi connectivity index (χ0) is 13.2. The van der Waals surface area contributed by atoms with Crippen molar-refractivity contribution in [2.24, 2.45) is 0 Å². The fourth-order valence-electron chi connectivity index (χ4n) is 1.91. The standard InChI is InChI=1S/C14H14O4/c1-2-14(17,10-6-4-3-5-7-10)12-9-8-11(18-12)13(15)16/h3-9,17H,2H2,1H3,(H,15,16). The minimum absolute atomic E-state index is 0.173. The summed E-state index contributed by atoms with van der Waals surface area (Å²) in [6.07, 6.45) is 0.392. The minimum Gasteiger partial charge on any atom is -0.475 e. The summed E-state index contributed by atoms with van der Waals surface area (Å²) in [6.45, 7) is 1.82. The van der Waals surface area contributed by atoms with E-state index >= 15 is 0 Å². The van der Waals surface area contributed by atoms with E-state index in [4.69, 9.17) is 9.52 Å². The van der Waals surface area contributed by atoms with Crippen LogP contribution in [0.2, 0.25) is 0 Å². The van der Waals surface area contributed by atoms with Crippen molar-refractivity contribution in [3.05, 3.63) is 59.5 Å². The molecule has 1 atom stereocenters. The second kappa shape index (κ2) is 4.66. The summed E-state index contributed by atoms with van der Waals surface area (Å²) in [7, 11) is 0. The van der Waals surface area contributed by atoms with Crippen LogP contribution in [-0.4, -0.2) is 16.2 Å². The molecular weight excluding hydrogens is 232 g/mol. The summed E-state index contributed by atoms with van der Waals surface area (Å²) >= 11 is 0. The van der Waals surface area contributed by atoms with Crippen LogP contribution >= 0.6 is 0 Å². The van der Waals surface area contributed by atoms with E-state index in [9.17, 15) is 9.90 Å². The second-order valence-electron chi connectivity index (χ2n) is 4.05. The van der Waals surface area contributed by atoms with Gasteiger partial charge in [0.1, 0.15) is 11.4 Å². The molecule has 0 saturated carbocycles. The van der Waals surface area contributed by atoms with Gasteiger partial charge >= 0.3 is 5.97 Å². The van der Waals surface area contributed by atoms with E-state index in [0.717, 1.165) is 0 Å². The van der Waals surface area contributed by atoms with E-state index in [1.165, 1.54) is 12.1 Å². The maximum atomic E-state index is 10.8. The van der Waals surface area contributed by atoms with Gasteiger partial charge in [0, 0.05) is 0 Å². The molecule has 0 spiro atoms. The van der Waals surface area contributed by atoms with E-state index < -0.39 is 11.6 Å². The minimum atomic E-state index is -1.30. The van der Waals surface area contributed by atoms with Gasteiger partial charge in [0.05, 0.1) is 0 Å². The lowest BCUT2D eigenvalue weighted by atomic mass is 9.89. The van der Waals surface area contributed by atoms with Crippen molar-refractivity contribution in [3.63, 3.8) is 0 Å². The summed E-state index contributed by atoms with van der Waals surface area (Å²) in [4.78, 5) is 10.8. The zero-order valence-corrected chi connectivity index (χ0v) is 9.96. The highest BCUT2D eigenvalue weighted by molar-refractivity contribution is 5.84. The van der Waals surface area contributed by atoms with Crippen LogP contribution in [0.3, 0.4) is 0 Å². The number of carbonyl (C=O) groups is 1. The van der Waals surface area contributed by atoms with Crippen molar-refractivity contribution < 1.29 is 19.4 Å².